The van der Waals surface area contributed by atoms with Gasteiger partial charge in [0.1, 0.15) is 5.75 Å². The molecule has 0 atom stereocenters. The third-order valence-electron chi connectivity index (χ3n) is 3.32. The van der Waals surface area contributed by atoms with Gasteiger partial charge in [0, 0.05) is 18.7 Å². The van der Waals surface area contributed by atoms with Crippen LogP contribution in [-0.4, -0.2) is 29.6 Å². The van der Waals surface area contributed by atoms with E-state index in [-0.39, 0.29) is 0 Å². The molecule has 1 saturated heterocycles. The average molecular weight is 220 g/mol. The second-order valence-electron chi connectivity index (χ2n) is 4.43. The molecule has 0 amide bonds. The van der Waals surface area contributed by atoms with Gasteiger partial charge >= 0.3 is 0 Å². The topological polar surface area (TPSA) is 49.5 Å². The fourth-order valence-electron chi connectivity index (χ4n) is 2.30. The van der Waals surface area contributed by atoms with E-state index in [9.17, 15) is 5.11 Å². The van der Waals surface area contributed by atoms with Crippen molar-refractivity contribution in [3.05, 3.63) is 29.3 Å². The molecule has 2 rings (SSSR count). The normalized spacial score (nSPS) is 16.8. The number of likely N-dealkylation sites (tertiary alicyclic amines) is 1. The molecule has 0 unspecified atom stereocenters. The lowest BCUT2D eigenvalue weighted by atomic mass is 10.1. The summed E-state index contributed by atoms with van der Waals surface area (Å²) in [7, 11) is 0. The van der Waals surface area contributed by atoms with Crippen LogP contribution in [0, 0.1) is 0 Å². The van der Waals surface area contributed by atoms with Crippen LogP contribution in [0.1, 0.15) is 24.0 Å². The van der Waals surface area contributed by atoms with Crippen LogP contribution in [0.4, 0.5) is 0 Å². The number of nitrogens with two attached hydrogens (primary N) is 1. The Kier molecular flexibility index (Phi) is 3.80. The van der Waals surface area contributed by atoms with Gasteiger partial charge in [0.15, 0.2) is 0 Å². The van der Waals surface area contributed by atoms with Crippen LogP contribution in [0.2, 0.25) is 0 Å². The summed E-state index contributed by atoms with van der Waals surface area (Å²) in [4.78, 5) is 2.45. The van der Waals surface area contributed by atoms with E-state index in [1.807, 2.05) is 18.2 Å². The molecule has 1 aliphatic rings. The number of hydrogen-bond donors (Lipinski definition) is 2. The molecule has 1 heterocycles. The third kappa shape index (κ3) is 2.54. The molecule has 0 spiro atoms. The number of phenols is 1. The molecule has 1 aliphatic heterocycles. The molecule has 3 N–H and O–H groups in total. The van der Waals surface area contributed by atoms with E-state index in [0.29, 0.717) is 12.3 Å². The highest BCUT2D eigenvalue weighted by molar-refractivity contribution is 5.40. The summed E-state index contributed by atoms with van der Waals surface area (Å²) in [5, 5.41) is 9.96. The molecule has 16 heavy (non-hydrogen) atoms. The number of para-hydroxylation sites is 1. The molecule has 88 valence electrons. The van der Waals surface area contributed by atoms with Crippen molar-refractivity contribution in [1.29, 1.82) is 0 Å². The highest BCUT2D eigenvalue weighted by Gasteiger charge is 2.12. The smallest absolute Gasteiger partial charge is 0.123 e. The number of aromatic hydroxyl groups is 1. The lowest BCUT2D eigenvalue weighted by Crippen LogP contribution is -2.22. The predicted octanol–water partition coefficient (Wildman–Crippen LogP) is 1.49. The van der Waals surface area contributed by atoms with E-state index in [1.54, 1.807) is 0 Å². The van der Waals surface area contributed by atoms with E-state index in [1.165, 1.54) is 25.9 Å². The molecule has 1 fully saturated rings. The van der Waals surface area contributed by atoms with Crippen molar-refractivity contribution in [3.8, 4) is 5.75 Å². The molecular weight excluding hydrogens is 200 g/mol. The Morgan fingerprint density at radius 1 is 1.19 bits per heavy atom. The van der Waals surface area contributed by atoms with E-state index >= 15 is 0 Å². The van der Waals surface area contributed by atoms with Crippen molar-refractivity contribution >= 4 is 0 Å². The van der Waals surface area contributed by atoms with Crippen molar-refractivity contribution in [2.24, 2.45) is 5.73 Å². The number of nitrogens with zero attached hydrogens (tertiary/aromatic N) is 1. The van der Waals surface area contributed by atoms with Gasteiger partial charge in [-0.05, 0) is 37.9 Å². The first kappa shape index (κ1) is 11.4. The van der Waals surface area contributed by atoms with Crippen LogP contribution < -0.4 is 5.73 Å². The second-order valence-corrected chi connectivity index (χ2v) is 4.43. The Labute approximate surface area is 96.9 Å². The number of phenolic OH excluding ortho intramolecular Hbond substituents is 1. The maximum Gasteiger partial charge on any atom is 0.123 e. The SMILES string of the molecule is NCc1cccc(CCN2CCCC2)c1O. The van der Waals surface area contributed by atoms with E-state index in [2.05, 4.69) is 4.90 Å². The maximum absolute atomic E-state index is 9.96. The van der Waals surface area contributed by atoms with Gasteiger partial charge in [-0.15, -0.1) is 0 Å². The molecule has 1 aromatic rings. The molecule has 3 nitrogen and oxygen atoms in total. The van der Waals surface area contributed by atoms with Crippen LogP contribution >= 0.6 is 0 Å². The first-order valence-electron chi connectivity index (χ1n) is 6.03. The number of rotatable bonds is 4. The van der Waals surface area contributed by atoms with Gasteiger partial charge in [0.2, 0.25) is 0 Å². The summed E-state index contributed by atoms with van der Waals surface area (Å²) in [5.41, 5.74) is 7.44. The third-order valence-corrected chi connectivity index (χ3v) is 3.32. The zero-order valence-corrected chi connectivity index (χ0v) is 9.65. The predicted molar refractivity (Wildman–Crippen MR) is 65.4 cm³/mol. The van der Waals surface area contributed by atoms with Crippen molar-refractivity contribution in [2.45, 2.75) is 25.8 Å². The number of benzene rings is 1. The second kappa shape index (κ2) is 5.32. The fraction of sp³-hybridized carbons (Fsp3) is 0.538. The average Bonchev–Trinajstić information content (AvgIpc) is 2.81. The highest BCUT2D eigenvalue weighted by atomic mass is 16.3. The highest BCUT2D eigenvalue weighted by Crippen LogP contribution is 2.23. The minimum Gasteiger partial charge on any atom is -0.507 e. The van der Waals surface area contributed by atoms with Crippen LogP contribution in [0.25, 0.3) is 0 Å². The fourth-order valence-corrected chi connectivity index (χ4v) is 2.30. The summed E-state index contributed by atoms with van der Waals surface area (Å²) in [6, 6.07) is 5.85. The van der Waals surface area contributed by atoms with Crippen LogP contribution in [-0.2, 0) is 13.0 Å². The van der Waals surface area contributed by atoms with Crippen molar-refractivity contribution in [2.75, 3.05) is 19.6 Å². The molecule has 0 saturated carbocycles. The van der Waals surface area contributed by atoms with Crippen LogP contribution in [0.5, 0.6) is 5.75 Å². The lowest BCUT2D eigenvalue weighted by molar-refractivity contribution is 0.341. The van der Waals surface area contributed by atoms with Gasteiger partial charge < -0.3 is 15.7 Å². The summed E-state index contributed by atoms with van der Waals surface area (Å²) in [5.74, 6) is 0.393. The molecule has 3 heteroatoms. The van der Waals surface area contributed by atoms with Gasteiger partial charge in [0.25, 0.3) is 0 Å². The van der Waals surface area contributed by atoms with Gasteiger partial charge in [-0.1, -0.05) is 18.2 Å². The summed E-state index contributed by atoms with van der Waals surface area (Å²) >= 11 is 0. The maximum atomic E-state index is 9.96. The zero-order chi connectivity index (χ0) is 11.4. The van der Waals surface area contributed by atoms with Crippen LogP contribution in [0.3, 0.4) is 0 Å². The largest absolute Gasteiger partial charge is 0.507 e. The monoisotopic (exact) mass is 220 g/mol. The molecule has 0 aliphatic carbocycles. The minimum absolute atomic E-state index is 0.393. The van der Waals surface area contributed by atoms with Gasteiger partial charge in [-0.3, -0.25) is 0 Å². The van der Waals surface area contributed by atoms with Crippen molar-refractivity contribution in [1.82, 2.24) is 4.90 Å². The standard InChI is InChI=1S/C13H20N2O/c14-10-12-5-3-4-11(13(12)16)6-9-15-7-1-2-8-15/h3-5,16H,1-2,6-10,14H2. The van der Waals surface area contributed by atoms with Gasteiger partial charge in [-0.25, -0.2) is 0 Å². The van der Waals surface area contributed by atoms with Gasteiger partial charge in [0.05, 0.1) is 0 Å². The summed E-state index contributed by atoms with van der Waals surface area (Å²) in [6.07, 6.45) is 3.54. The first-order valence-corrected chi connectivity index (χ1v) is 6.03. The van der Waals surface area contributed by atoms with E-state index in [0.717, 1.165) is 24.1 Å². The Bertz CT molecular complexity index is 346. The molecule has 0 radical (unpaired) electrons. The molecule has 0 bridgehead atoms. The lowest BCUT2D eigenvalue weighted by Gasteiger charge is -2.15. The van der Waals surface area contributed by atoms with Crippen molar-refractivity contribution in [3.63, 3.8) is 0 Å². The molecule has 0 aromatic heterocycles. The van der Waals surface area contributed by atoms with Gasteiger partial charge in [-0.2, -0.15) is 0 Å². The summed E-state index contributed by atoms with van der Waals surface area (Å²) in [6.45, 7) is 3.86. The quantitative estimate of drug-likeness (QED) is 0.808. The Morgan fingerprint density at radius 3 is 2.56 bits per heavy atom. The Hall–Kier alpha value is -1.06. The summed E-state index contributed by atoms with van der Waals surface area (Å²) < 4.78 is 0. The first-order chi connectivity index (χ1) is 7.81. The Morgan fingerprint density at radius 2 is 1.88 bits per heavy atom. The molecule has 1 aromatic carbocycles. The number of hydrogen-bond acceptors (Lipinski definition) is 3. The van der Waals surface area contributed by atoms with Crippen LogP contribution in [0.15, 0.2) is 18.2 Å². The van der Waals surface area contributed by atoms with Crippen molar-refractivity contribution < 1.29 is 5.11 Å². The Balaban J connectivity index is 1.97. The minimum atomic E-state index is 0.393. The zero-order valence-electron chi connectivity index (χ0n) is 9.65. The van der Waals surface area contributed by atoms with E-state index in [4.69, 9.17) is 5.73 Å². The molecular formula is C13H20N2O. The van der Waals surface area contributed by atoms with E-state index < -0.39 is 0 Å².